The lowest BCUT2D eigenvalue weighted by Gasteiger charge is -2.26. The number of carboxylic acids is 1. The van der Waals surface area contributed by atoms with Gasteiger partial charge in [-0.3, -0.25) is 9.59 Å². The molecule has 2 atom stereocenters. The number of hydrogen-bond acceptors (Lipinski definition) is 8. The summed E-state index contributed by atoms with van der Waals surface area (Å²) in [5, 5.41) is 11.8. The maximum atomic E-state index is 12.9. The molecule has 2 unspecified atom stereocenters. The molecule has 0 fully saturated rings. The molecule has 71 heavy (non-hydrogen) atoms. The average molecular weight is 997 g/mol. The van der Waals surface area contributed by atoms with E-state index in [1.165, 1.54) is 128 Å². The van der Waals surface area contributed by atoms with Gasteiger partial charge in [-0.25, -0.2) is 0 Å². The van der Waals surface area contributed by atoms with Crippen LogP contribution in [0.5, 0.6) is 0 Å². The van der Waals surface area contributed by atoms with Gasteiger partial charge in [0.25, 0.3) is 0 Å². The van der Waals surface area contributed by atoms with E-state index in [1.807, 2.05) is 21.1 Å². The third-order valence-electron chi connectivity index (χ3n) is 12.5. The predicted octanol–water partition coefficient (Wildman–Crippen LogP) is 15.7. The number of allylic oxidation sites excluding steroid dienone is 12. The Morgan fingerprint density at radius 1 is 0.437 bits per heavy atom. The van der Waals surface area contributed by atoms with Gasteiger partial charge in [0.15, 0.2) is 12.4 Å². The van der Waals surface area contributed by atoms with Crippen LogP contribution in [0.2, 0.25) is 0 Å². The van der Waals surface area contributed by atoms with Crippen LogP contribution in [0, 0.1) is 0 Å². The summed E-state index contributed by atoms with van der Waals surface area (Å²) in [6.45, 7) is 4.62. The first kappa shape index (κ1) is 67.7. The molecule has 0 saturated heterocycles. The first-order valence-corrected chi connectivity index (χ1v) is 29.1. The van der Waals surface area contributed by atoms with Crippen LogP contribution >= 0.6 is 0 Å². The fourth-order valence-electron chi connectivity index (χ4n) is 8.01. The molecule has 0 aliphatic heterocycles. The van der Waals surface area contributed by atoms with Crippen molar-refractivity contribution in [2.24, 2.45) is 0 Å². The quantitative estimate of drug-likeness (QED) is 0.0195. The zero-order valence-electron chi connectivity index (χ0n) is 46.6. The molecule has 9 nitrogen and oxygen atoms in total. The molecule has 0 aromatic heterocycles. The van der Waals surface area contributed by atoms with Crippen LogP contribution in [0.25, 0.3) is 0 Å². The Hall–Kier alpha value is -3.27. The smallest absolute Gasteiger partial charge is 0.306 e. The average Bonchev–Trinajstić information content (AvgIpc) is 3.34. The molecule has 9 heteroatoms. The molecule has 0 spiro atoms. The third-order valence-corrected chi connectivity index (χ3v) is 12.5. The largest absolute Gasteiger partial charge is 0.545 e. The molecule has 0 aliphatic rings. The van der Waals surface area contributed by atoms with Crippen LogP contribution in [-0.2, 0) is 33.3 Å². The molecule has 0 aromatic rings. The second-order valence-corrected chi connectivity index (χ2v) is 20.6. The molecule has 0 aromatic carbocycles. The van der Waals surface area contributed by atoms with Crippen LogP contribution in [-0.4, -0.2) is 82.3 Å². The monoisotopic (exact) mass is 996 g/mol. The Kier molecular flexibility index (Phi) is 50.6. The minimum atomic E-state index is -1.63. The van der Waals surface area contributed by atoms with Gasteiger partial charge in [0.2, 0.25) is 0 Å². The Morgan fingerprint density at radius 2 is 0.803 bits per heavy atom. The lowest BCUT2D eigenvalue weighted by molar-refractivity contribution is -0.870. The zero-order valence-corrected chi connectivity index (χ0v) is 46.6. The summed E-state index contributed by atoms with van der Waals surface area (Å²) in [5.41, 5.74) is 0. The minimum Gasteiger partial charge on any atom is -0.545 e. The van der Waals surface area contributed by atoms with Crippen molar-refractivity contribution < 1.29 is 42.9 Å². The summed E-state index contributed by atoms with van der Waals surface area (Å²) in [5.74, 6) is -2.31. The number of likely N-dealkylation sites (N-methyl/N-ethyl adjacent to an activating group) is 1. The molecule has 0 aliphatic carbocycles. The molecular weight excluding hydrogens is 887 g/mol. The number of aliphatic carboxylic acids is 1. The lowest BCUT2D eigenvalue weighted by atomic mass is 10.0. The fraction of sp³-hybridized carbons (Fsp3) is 0.758. The van der Waals surface area contributed by atoms with E-state index < -0.39 is 24.3 Å². The molecule has 0 saturated carbocycles. The zero-order chi connectivity index (χ0) is 52.0. The fourth-order valence-corrected chi connectivity index (χ4v) is 8.01. The Balaban J connectivity index is 4.30. The number of carbonyl (C=O) groups excluding carboxylic acids is 3. The third kappa shape index (κ3) is 54.3. The van der Waals surface area contributed by atoms with E-state index >= 15 is 0 Å². The number of carbonyl (C=O) groups is 3. The maximum Gasteiger partial charge on any atom is 0.306 e. The standard InChI is InChI=1S/C62H109NO8/c1-6-8-10-12-14-16-18-20-22-24-26-28-30-32-34-36-38-40-42-44-46-48-50-52-59(64)69-56-58(57-70-62(61(66)67)68-55-54-63(3,4)5)71-60(65)53-51-49-47-45-43-41-39-37-35-33-31-29-27-25-23-21-19-17-15-13-11-9-7-2/h9,11,15,17,21,23,27,29,33,35,39,41,58,62H,6-8,10,12-14,16,18-20,22,24-26,28,30-32,34,36-38,40,42-57H2,1-5H3/b11-9-,17-15-,23-21-,29-27-,35-33-,41-39-. The number of rotatable bonds is 53. The van der Waals surface area contributed by atoms with Gasteiger partial charge in [0, 0.05) is 12.8 Å². The van der Waals surface area contributed by atoms with Gasteiger partial charge in [-0.15, -0.1) is 0 Å². The lowest BCUT2D eigenvalue weighted by Crippen LogP contribution is -2.44. The molecule has 0 bridgehead atoms. The number of ether oxygens (including phenoxy) is 4. The Morgan fingerprint density at radius 3 is 1.20 bits per heavy atom. The summed E-state index contributed by atoms with van der Waals surface area (Å²) in [7, 11) is 5.91. The van der Waals surface area contributed by atoms with Crippen molar-refractivity contribution in [3.8, 4) is 0 Å². The van der Waals surface area contributed by atoms with Crippen molar-refractivity contribution in [2.45, 2.75) is 257 Å². The number of quaternary nitrogens is 1. The summed E-state index contributed by atoms with van der Waals surface area (Å²) < 4.78 is 22.7. The number of nitrogens with zero attached hydrogens (tertiary/aromatic N) is 1. The molecule has 410 valence electrons. The number of hydrogen-bond donors (Lipinski definition) is 0. The highest BCUT2D eigenvalue weighted by Gasteiger charge is 2.22. The minimum absolute atomic E-state index is 0.140. The van der Waals surface area contributed by atoms with Crippen LogP contribution in [0.4, 0.5) is 0 Å². The highest BCUT2D eigenvalue weighted by Crippen LogP contribution is 2.17. The van der Waals surface area contributed by atoms with E-state index in [-0.39, 0.29) is 38.6 Å². The van der Waals surface area contributed by atoms with Crippen molar-refractivity contribution in [1.82, 2.24) is 0 Å². The van der Waals surface area contributed by atoms with Gasteiger partial charge >= 0.3 is 11.9 Å². The van der Waals surface area contributed by atoms with Gasteiger partial charge < -0.3 is 33.3 Å². The second kappa shape index (κ2) is 53.0. The molecule has 0 amide bonds. The van der Waals surface area contributed by atoms with Crippen molar-refractivity contribution >= 4 is 17.9 Å². The van der Waals surface area contributed by atoms with Crippen LogP contribution in [0.15, 0.2) is 72.9 Å². The van der Waals surface area contributed by atoms with Gasteiger partial charge in [-0.1, -0.05) is 241 Å². The molecule has 0 N–H and O–H groups in total. The van der Waals surface area contributed by atoms with Crippen LogP contribution in [0.1, 0.15) is 245 Å². The van der Waals surface area contributed by atoms with E-state index in [0.717, 1.165) is 83.5 Å². The normalized spacial score (nSPS) is 13.3. The van der Waals surface area contributed by atoms with E-state index in [9.17, 15) is 19.5 Å². The van der Waals surface area contributed by atoms with Crippen molar-refractivity contribution in [2.75, 3.05) is 47.5 Å². The van der Waals surface area contributed by atoms with Gasteiger partial charge in [-0.05, 0) is 64.2 Å². The number of carboxylic acid groups (broad SMARTS) is 1. The molecular formula is C62H109NO8. The molecule has 0 heterocycles. The van der Waals surface area contributed by atoms with Gasteiger partial charge in [-0.2, -0.15) is 0 Å². The summed E-state index contributed by atoms with van der Waals surface area (Å²) >= 11 is 0. The SMILES string of the molecule is CC/C=C\C/C=C\C/C=C\C/C=C\C/C=C\C/C=C\CCCCCCC(=O)OC(COC(=O)CCCCCCCCCCCCCCCCCCCCCCCCC)COC(OCC[N+](C)(C)C)C(=O)[O-]. The van der Waals surface area contributed by atoms with Gasteiger partial charge in [0.05, 0.1) is 40.3 Å². The topological polar surface area (TPSA) is 111 Å². The van der Waals surface area contributed by atoms with Crippen molar-refractivity contribution in [3.63, 3.8) is 0 Å². The van der Waals surface area contributed by atoms with Crippen molar-refractivity contribution in [3.05, 3.63) is 72.9 Å². The van der Waals surface area contributed by atoms with Crippen molar-refractivity contribution in [1.29, 1.82) is 0 Å². The molecule has 0 rings (SSSR count). The van der Waals surface area contributed by atoms with E-state index in [0.29, 0.717) is 17.4 Å². The molecule has 0 radical (unpaired) electrons. The van der Waals surface area contributed by atoms with Gasteiger partial charge in [0.1, 0.15) is 13.2 Å². The highest BCUT2D eigenvalue weighted by molar-refractivity contribution is 5.70. The van der Waals surface area contributed by atoms with Crippen LogP contribution in [0.3, 0.4) is 0 Å². The number of unbranched alkanes of at least 4 members (excludes halogenated alkanes) is 26. The van der Waals surface area contributed by atoms with E-state index in [2.05, 4.69) is 86.8 Å². The summed E-state index contributed by atoms with van der Waals surface area (Å²) in [6.07, 6.45) is 65.2. The first-order chi connectivity index (χ1) is 34.6. The Bertz CT molecular complexity index is 1390. The maximum absolute atomic E-state index is 12.9. The second-order valence-electron chi connectivity index (χ2n) is 20.6. The Labute approximate surface area is 437 Å². The number of esters is 2. The predicted molar refractivity (Wildman–Crippen MR) is 297 cm³/mol. The highest BCUT2D eigenvalue weighted by atomic mass is 16.7. The van der Waals surface area contributed by atoms with E-state index in [4.69, 9.17) is 18.9 Å². The summed E-state index contributed by atoms with van der Waals surface area (Å²) in [4.78, 5) is 37.3. The first-order valence-electron chi connectivity index (χ1n) is 29.1. The van der Waals surface area contributed by atoms with Crippen LogP contribution < -0.4 is 5.11 Å². The van der Waals surface area contributed by atoms with E-state index in [1.54, 1.807) is 0 Å². The summed E-state index contributed by atoms with van der Waals surface area (Å²) in [6, 6.07) is 0.